The molecule has 0 saturated carbocycles. The summed E-state index contributed by atoms with van der Waals surface area (Å²) in [6, 6.07) is 8.25. The van der Waals surface area contributed by atoms with Crippen molar-refractivity contribution in [2.24, 2.45) is 0 Å². The van der Waals surface area contributed by atoms with Gasteiger partial charge in [-0.05, 0) is 36.6 Å². The van der Waals surface area contributed by atoms with Gasteiger partial charge in [0.25, 0.3) is 5.91 Å². The second kappa shape index (κ2) is 8.53. The molecule has 0 atom stereocenters. The SMILES string of the molecule is CCN1CCN(C(=O)c2cncc(Nc3c(C)cccc3C(C)C)c2)CC1. The van der Waals surface area contributed by atoms with Gasteiger partial charge in [0.05, 0.1) is 17.4 Å². The van der Waals surface area contributed by atoms with E-state index in [1.54, 1.807) is 12.4 Å². The van der Waals surface area contributed by atoms with Crippen LogP contribution in [-0.2, 0) is 0 Å². The van der Waals surface area contributed by atoms with E-state index in [1.165, 1.54) is 11.1 Å². The first-order valence-corrected chi connectivity index (χ1v) is 9.82. The number of benzene rings is 1. The maximum atomic E-state index is 12.9. The highest BCUT2D eigenvalue weighted by Gasteiger charge is 2.22. The van der Waals surface area contributed by atoms with Gasteiger partial charge in [0.2, 0.25) is 0 Å². The Balaban J connectivity index is 1.78. The number of pyridine rings is 1. The van der Waals surface area contributed by atoms with Crippen LogP contribution in [0.3, 0.4) is 0 Å². The van der Waals surface area contributed by atoms with Crippen molar-refractivity contribution in [1.29, 1.82) is 0 Å². The molecule has 1 fully saturated rings. The van der Waals surface area contributed by atoms with Crippen LogP contribution in [0, 0.1) is 6.92 Å². The molecule has 5 heteroatoms. The fraction of sp³-hybridized carbons (Fsp3) is 0.455. The summed E-state index contributed by atoms with van der Waals surface area (Å²) in [5.74, 6) is 0.482. The number of aryl methyl sites for hydroxylation is 1. The molecule has 1 aromatic heterocycles. The summed E-state index contributed by atoms with van der Waals surface area (Å²) in [6.45, 7) is 13.1. The molecule has 2 heterocycles. The molecule has 1 saturated heterocycles. The van der Waals surface area contributed by atoms with E-state index in [2.05, 4.69) is 61.1 Å². The topological polar surface area (TPSA) is 48.5 Å². The zero-order valence-electron chi connectivity index (χ0n) is 16.8. The number of rotatable bonds is 5. The Morgan fingerprint density at radius 1 is 1.19 bits per heavy atom. The lowest BCUT2D eigenvalue weighted by Gasteiger charge is -2.34. The third kappa shape index (κ3) is 4.48. The van der Waals surface area contributed by atoms with Gasteiger partial charge in [-0.3, -0.25) is 9.78 Å². The maximum absolute atomic E-state index is 12.9. The summed E-state index contributed by atoms with van der Waals surface area (Å²) in [4.78, 5) is 21.5. The minimum absolute atomic E-state index is 0.0655. The third-order valence-electron chi connectivity index (χ3n) is 5.29. The van der Waals surface area contributed by atoms with Gasteiger partial charge >= 0.3 is 0 Å². The molecule has 0 aliphatic carbocycles. The van der Waals surface area contributed by atoms with Crippen LogP contribution in [0.5, 0.6) is 0 Å². The number of hydrogen-bond donors (Lipinski definition) is 1. The summed E-state index contributed by atoms with van der Waals surface area (Å²) in [5.41, 5.74) is 5.06. The van der Waals surface area contributed by atoms with Crippen LogP contribution in [-0.4, -0.2) is 53.4 Å². The quantitative estimate of drug-likeness (QED) is 0.868. The Labute approximate surface area is 162 Å². The zero-order chi connectivity index (χ0) is 19.4. The predicted molar refractivity (Wildman–Crippen MR) is 111 cm³/mol. The van der Waals surface area contributed by atoms with Gasteiger partial charge in [0.15, 0.2) is 0 Å². The summed E-state index contributed by atoms with van der Waals surface area (Å²) in [7, 11) is 0. The number of aromatic nitrogens is 1. The molecule has 0 spiro atoms. The fourth-order valence-corrected chi connectivity index (χ4v) is 3.56. The minimum Gasteiger partial charge on any atom is -0.354 e. The van der Waals surface area contributed by atoms with Crippen molar-refractivity contribution in [3.63, 3.8) is 0 Å². The summed E-state index contributed by atoms with van der Waals surface area (Å²) in [5, 5.41) is 3.50. The van der Waals surface area contributed by atoms with Crippen LogP contribution in [0.2, 0.25) is 0 Å². The number of piperazine rings is 1. The third-order valence-corrected chi connectivity index (χ3v) is 5.29. The molecule has 1 N–H and O–H groups in total. The number of carbonyl (C=O) groups excluding carboxylic acids is 1. The first kappa shape index (κ1) is 19.4. The number of likely N-dealkylation sites (N-methyl/N-ethyl adjacent to an activating group) is 1. The molecule has 0 radical (unpaired) electrons. The van der Waals surface area contributed by atoms with Gasteiger partial charge in [-0.2, -0.15) is 0 Å². The average molecular weight is 367 g/mol. The van der Waals surface area contributed by atoms with Gasteiger partial charge in [-0.1, -0.05) is 39.0 Å². The van der Waals surface area contributed by atoms with Gasteiger partial charge in [0, 0.05) is 38.1 Å². The van der Waals surface area contributed by atoms with Gasteiger partial charge < -0.3 is 15.1 Å². The van der Waals surface area contributed by atoms with Crippen molar-refractivity contribution in [2.75, 3.05) is 38.0 Å². The number of amides is 1. The molecular weight excluding hydrogens is 336 g/mol. The molecule has 0 unspecified atom stereocenters. The van der Waals surface area contributed by atoms with Gasteiger partial charge in [-0.15, -0.1) is 0 Å². The second-order valence-corrected chi connectivity index (χ2v) is 7.51. The van der Waals surface area contributed by atoms with Crippen LogP contribution in [0.1, 0.15) is 48.2 Å². The van der Waals surface area contributed by atoms with Crippen LogP contribution in [0.25, 0.3) is 0 Å². The van der Waals surface area contributed by atoms with E-state index in [1.807, 2.05) is 11.0 Å². The zero-order valence-corrected chi connectivity index (χ0v) is 16.8. The van der Waals surface area contributed by atoms with Crippen molar-refractivity contribution in [2.45, 2.75) is 33.6 Å². The minimum atomic E-state index is 0.0655. The first-order valence-electron chi connectivity index (χ1n) is 9.82. The number of nitrogens with one attached hydrogen (secondary N) is 1. The fourth-order valence-electron chi connectivity index (χ4n) is 3.56. The normalized spacial score (nSPS) is 15.2. The van der Waals surface area contributed by atoms with Gasteiger partial charge in [0.1, 0.15) is 0 Å². The van der Waals surface area contributed by atoms with Crippen LogP contribution >= 0.6 is 0 Å². The average Bonchev–Trinajstić information content (AvgIpc) is 2.69. The summed E-state index contributed by atoms with van der Waals surface area (Å²) < 4.78 is 0. The van der Waals surface area contributed by atoms with E-state index in [9.17, 15) is 4.79 Å². The number of anilines is 2. The number of para-hydroxylation sites is 1. The number of carbonyl (C=O) groups is 1. The number of nitrogens with zero attached hydrogens (tertiary/aromatic N) is 3. The first-order chi connectivity index (χ1) is 13.0. The molecule has 144 valence electrons. The molecule has 1 aliphatic rings. The second-order valence-electron chi connectivity index (χ2n) is 7.51. The van der Waals surface area contributed by atoms with E-state index in [0.29, 0.717) is 11.5 Å². The van der Waals surface area contributed by atoms with Crippen molar-refractivity contribution in [3.05, 3.63) is 53.3 Å². The van der Waals surface area contributed by atoms with Crippen LogP contribution in [0.15, 0.2) is 36.7 Å². The summed E-state index contributed by atoms with van der Waals surface area (Å²) in [6.07, 6.45) is 3.45. The van der Waals surface area contributed by atoms with Crippen molar-refractivity contribution in [3.8, 4) is 0 Å². The van der Waals surface area contributed by atoms with E-state index >= 15 is 0 Å². The molecule has 5 nitrogen and oxygen atoms in total. The molecule has 27 heavy (non-hydrogen) atoms. The van der Waals surface area contributed by atoms with E-state index < -0.39 is 0 Å². The highest BCUT2D eigenvalue weighted by Crippen LogP contribution is 2.30. The van der Waals surface area contributed by atoms with Crippen molar-refractivity contribution in [1.82, 2.24) is 14.8 Å². The Morgan fingerprint density at radius 3 is 2.59 bits per heavy atom. The Hall–Kier alpha value is -2.40. The molecule has 1 amide bonds. The molecule has 2 aromatic rings. The largest absolute Gasteiger partial charge is 0.354 e. The Kier molecular flexibility index (Phi) is 6.11. The Morgan fingerprint density at radius 2 is 1.93 bits per heavy atom. The molecule has 0 bridgehead atoms. The van der Waals surface area contributed by atoms with E-state index in [-0.39, 0.29) is 5.91 Å². The lowest BCUT2D eigenvalue weighted by Crippen LogP contribution is -2.48. The predicted octanol–water partition coefficient (Wildman–Crippen LogP) is 4.03. The van der Waals surface area contributed by atoms with Crippen molar-refractivity contribution < 1.29 is 4.79 Å². The lowest BCUT2D eigenvalue weighted by molar-refractivity contribution is 0.0643. The van der Waals surface area contributed by atoms with Crippen LogP contribution in [0.4, 0.5) is 11.4 Å². The highest BCUT2D eigenvalue weighted by atomic mass is 16.2. The smallest absolute Gasteiger partial charge is 0.255 e. The Bertz CT molecular complexity index is 795. The monoisotopic (exact) mass is 366 g/mol. The van der Waals surface area contributed by atoms with E-state index in [0.717, 1.165) is 44.1 Å². The standard InChI is InChI=1S/C22H30N4O/c1-5-25-9-11-26(12-10-25)22(27)18-13-19(15-23-14-18)24-21-17(4)7-6-8-20(21)16(2)3/h6-8,13-16,24H,5,9-12H2,1-4H3. The molecular formula is C22H30N4O. The highest BCUT2D eigenvalue weighted by molar-refractivity contribution is 5.95. The lowest BCUT2D eigenvalue weighted by atomic mass is 9.98. The molecule has 1 aromatic carbocycles. The molecule has 1 aliphatic heterocycles. The maximum Gasteiger partial charge on any atom is 0.255 e. The molecule has 3 rings (SSSR count). The van der Waals surface area contributed by atoms with Crippen molar-refractivity contribution >= 4 is 17.3 Å². The summed E-state index contributed by atoms with van der Waals surface area (Å²) >= 11 is 0. The van der Waals surface area contributed by atoms with Gasteiger partial charge in [-0.25, -0.2) is 0 Å². The number of hydrogen-bond acceptors (Lipinski definition) is 4. The van der Waals surface area contributed by atoms with Crippen LogP contribution < -0.4 is 5.32 Å². The van der Waals surface area contributed by atoms with E-state index in [4.69, 9.17) is 0 Å².